The first kappa shape index (κ1) is 13.4. The Morgan fingerprint density at radius 3 is 2.56 bits per heavy atom. The summed E-state index contributed by atoms with van der Waals surface area (Å²) < 4.78 is 10.7. The molecule has 2 rings (SSSR count). The van der Waals surface area contributed by atoms with Crippen molar-refractivity contribution in [1.29, 1.82) is 0 Å². The Morgan fingerprint density at radius 1 is 1.39 bits per heavy atom. The van der Waals surface area contributed by atoms with Crippen LogP contribution in [0.15, 0.2) is 18.2 Å². The molecule has 3 nitrogen and oxygen atoms in total. The molecule has 3 heteroatoms. The van der Waals surface area contributed by atoms with Crippen LogP contribution in [0.4, 0.5) is 0 Å². The molecule has 100 valence electrons. The highest BCUT2D eigenvalue weighted by Gasteiger charge is 2.37. The van der Waals surface area contributed by atoms with Crippen LogP contribution in [0.25, 0.3) is 0 Å². The molecule has 1 saturated heterocycles. The van der Waals surface area contributed by atoms with E-state index in [9.17, 15) is 0 Å². The van der Waals surface area contributed by atoms with Crippen LogP contribution in [0.3, 0.4) is 0 Å². The summed E-state index contributed by atoms with van der Waals surface area (Å²) in [5.41, 5.74) is 8.61. The summed E-state index contributed by atoms with van der Waals surface area (Å²) in [6, 6.07) is 6.45. The smallest absolute Gasteiger partial charge is 0.122 e. The highest BCUT2D eigenvalue weighted by Crippen LogP contribution is 2.33. The zero-order valence-electron chi connectivity index (χ0n) is 11.5. The molecule has 1 heterocycles. The molecule has 0 spiro atoms. The molecule has 1 aromatic carbocycles. The molecule has 0 aliphatic carbocycles. The van der Waals surface area contributed by atoms with Gasteiger partial charge in [-0.2, -0.15) is 0 Å². The van der Waals surface area contributed by atoms with Gasteiger partial charge in [0.15, 0.2) is 0 Å². The lowest BCUT2D eigenvalue weighted by atomic mass is 9.79. The fourth-order valence-corrected chi connectivity index (χ4v) is 2.46. The molecule has 0 bridgehead atoms. The van der Waals surface area contributed by atoms with Gasteiger partial charge in [-0.15, -0.1) is 0 Å². The van der Waals surface area contributed by atoms with Crippen LogP contribution < -0.4 is 10.5 Å². The van der Waals surface area contributed by atoms with E-state index >= 15 is 0 Å². The Labute approximate surface area is 109 Å². The third-order valence-corrected chi connectivity index (χ3v) is 3.74. The second kappa shape index (κ2) is 5.29. The lowest BCUT2D eigenvalue weighted by molar-refractivity contribution is -0.106. The zero-order valence-corrected chi connectivity index (χ0v) is 11.5. The molecule has 0 aromatic heterocycles. The standard InChI is InChI=1S/C15H23NO2/c1-11(2)13-6-12(4-5-14(13)17-3)7-15(8-16)9-18-10-15/h4-6,11H,7-10,16H2,1-3H3. The molecule has 0 atom stereocenters. The lowest BCUT2D eigenvalue weighted by Crippen LogP contribution is -2.49. The van der Waals surface area contributed by atoms with E-state index in [4.69, 9.17) is 15.2 Å². The molecule has 1 fully saturated rings. The SMILES string of the molecule is COc1ccc(CC2(CN)COC2)cc1C(C)C. The first-order valence-corrected chi connectivity index (χ1v) is 6.55. The van der Waals surface area contributed by atoms with E-state index in [0.717, 1.165) is 25.4 Å². The van der Waals surface area contributed by atoms with Crippen molar-refractivity contribution in [2.75, 3.05) is 26.9 Å². The maximum atomic E-state index is 5.87. The first-order chi connectivity index (χ1) is 8.60. The van der Waals surface area contributed by atoms with Gasteiger partial charge in [-0.25, -0.2) is 0 Å². The van der Waals surface area contributed by atoms with Gasteiger partial charge in [-0.1, -0.05) is 26.0 Å². The summed E-state index contributed by atoms with van der Waals surface area (Å²) in [6.07, 6.45) is 0.993. The second-order valence-corrected chi connectivity index (χ2v) is 5.60. The quantitative estimate of drug-likeness (QED) is 0.871. The summed E-state index contributed by atoms with van der Waals surface area (Å²) in [5, 5.41) is 0. The molecular weight excluding hydrogens is 226 g/mol. The van der Waals surface area contributed by atoms with E-state index in [0.29, 0.717) is 12.5 Å². The van der Waals surface area contributed by atoms with Crippen LogP contribution in [0.5, 0.6) is 5.75 Å². The average Bonchev–Trinajstić information content (AvgIpc) is 2.33. The van der Waals surface area contributed by atoms with Crippen LogP contribution in [-0.4, -0.2) is 26.9 Å². The fourth-order valence-electron chi connectivity index (χ4n) is 2.46. The lowest BCUT2D eigenvalue weighted by Gasteiger charge is -2.40. The van der Waals surface area contributed by atoms with Crippen LogP contribution in [0.1, 0.15) is 30.9 Å². The van der Waals surface area contributed by atoms with Gasteiger partial charge < -0.3 is 15.2 Å². The molecule has 1 aliphatic heterocycles. The summed E-state index contributed by atoms with van der Waals surface area (Å²) >= 11 is 0. The largest absolute Gasteiger partial charge is 0.496 e. The number of rotatable bonds is 5. The molecule has 1 aliphatic rings. The molecule has 0 saturated carbocycles. The van der Waals surface area contributed by atoms with Crippen molar-refractivity contribution in [2.45, 2.75) is 26.2 Å². The monoisotopic (exact) mass is 249 g/mol. The van der Waals surface area contributed by atoms with Crippen molar-refractivity contribution >= 4 is 0 Å². The maximum Gasteiger partial charge on any atom is 0.122 e. The molecule has 1 aromatic rings. The first-order valence-electron chi connectivity index (χ1n) is 6.55. The van der Waals surface area contributed by atoms with Crippen molar-refractivity contribution in [1.82, 2.24) is 0 Å². The molecule has 2 N–H and O–H groups in total. The molecule has 18 heavy (non-hydrogen) atoms. The van der Waals surface area contributed by atoms with Crippen LogP contribution in [0.2, 0.25) is 0 Å². The van der Waals surface area contributed by atoms with E-state index in [1.54, 1.807) is 7.11 Å². The minimum atomic E-state index is 0.156. The highest BCUT2D eigenvalue weighted by molar-refractivity contribution is 5.39. The Morgan fingerprint density at radius 2 is 2.11 bits per heavy atom. The Kier molecular flexibility index (Phi) is 3.93. The molecule has 0 radical (unpaired) electrons. The third kappa shape index (κ3) is 2.52. The van der Waals surface area contributed by atoms with Crippen LogP contribution in [-0.2, 0) is 11.2 Å². The van der Waals surface area contributed by atoms with Gasteiger partial charge in [0.25, 0.3) is 0 Å². The van der Waals surface area contributed by atoms with E-state index in [2.05, 4.69) is 32.0 Å². The van der Waals surface area contributed by atoms with E-state index in [-0.39, 0.29) is 5.41 Å². The summed E-state index contributed by atoms with van der Waals surface area (Å²) in [7, 11) is 1.72. The number of nitrogens with two attached hydrogens (primary N) is 1. The average molecular weight is 249 g/mol. The maximum absolute atomic E-state index is 5.87. The third-order valence-electron chi connectivity index (χ3n) is 3.74. The van der Waals surface area contributed by atoms with Gasteiger partial charge >= 0.3 is 0 Å². The number of benzene rings is 1. The Hall–Kier alpha value is -1.06. The number of hydrogen-bond donors (Lipinski definition) is 1. The molecule has 0 amide bonds. The van der Waals surface area contributed by atoms with Gasteiger partial charge in [-0.3, -0.25) is 0 Å². The normalized spacial score (nSPS) is 17.6. The van der Waals surface area contributed by atoms with Crippen molar-refractivity contribution in [3.8, 4) is 5.75 Å². The van der Waals surface area contributed by atoms with E-state index in [1.807, 2.05) is 0 Å². The van der Waals surface area contributed by atoms with Gasteiger partial charge in [0.1, 0.15) is 5.75 Å². The van der Waals surface area contributed by atoms with Crippen molar-refractivity contribution in [2.24, 2.45) is 11.1 Å². The Bertz CT molecular complexity index is 405. The van der Waals surface area contributed by atoms with Crippen LogP contribution in [0, 0.1) is 5.41 Å². The molecule has 0 unspecified atom stereocenters. The summed E-state index contributed by atoms with van der Waals surface area (Å²) in [5.74, 6) is 1.44. The van der Waals surface area contributed by atoms with Gasteiger partial charge in [-0.05, 0) is 29.5 Å². The predicted octanol–water partition coefficient (Wildman–Crippen LogP) is 2.34. The molecular formula is C15H23NO2. The predicted molar refractivity (Wildman–Crippen MR) is 73.1 cm³/mol. The summed E-state index contributed by atoms with van der Waals surface area (Å²) in [4.78, 5) is 0. The Balaban J connectivity index is 2.21. The summed E-state index contributed by atoms with van der Waals surface area (Å²) in [6.45, 7) is 6.63. The van der Waals surface area contributed by atoms with Crippen molar-refractivity contribution in [3.05, 3.63) is 29.3 Å². The van der Waals surface area contributed by atoms with Gasteiger partial charge in [0.2, 0.25) is 0 Å². The number of ether oxygens (including phenoxy) is 2. The minimum Gasteiger partial charge on any atom is -0.496 e. The zero-order chi connectivity index (χ0) is 13.2. The van der Waals surface area contributed by atoms with E-state index in [1.165, 1.54) is 11.1 Å². The second-order valence-electron chi connectivity index (χ2n) is 5.60. The van der Waals surface area contributed by atoms with Crippen molar-refractivity contribution < 1.29 is 9.47 Å². The fraction of sp³-hybridized carbons (Fsp3) is 0.600. The van der Waals surface area contributed by atoms with Crippen LogP contribution >= 0.6 is 0 Å². The van der Waals surface area contributed by atoms with Crippen molar-refractivity contribution in [3.63, 3.8) is 0 Å². The number of hydrogen-bond acceptors (Lipinski definition) is 3. The topological polar surface area (TPSA) is 44.5 Å². The minimum absolute atomic E-state index is 0.156. The van der Waals surface area contributed by atoms with Gasteiger partial charge in [0, 0.05) is 12.0 Å². The number of methoxy groups -OCH3 is 1. The van der Waals surface area contributed by atoms with Gasteiger partial charge in [0.05, 0.1) is 20.3 Å². The van der Waals surface area contributed by atoms with E-state index < -0.39 is 0 Å². The highest BCUT2D eigenvalue weighted by atomic mass is 16.5.